The summed E-state index contributed by atoms with van der Waals surface area (Å²) in [4.78, 5) is 24.0. The van der Waals surface area contributed by atoms with E-state index in [-0.39, 0.29) is 12.6 Å². The van der Waals surface area contributed by atoms with Crippen LogP contribution >= 0.6 is 0 Å². The van der Waals surface area contributed by atoms with Crippen LogP contribution in [0.25, 0.3) is 0 Å². The second-order valence-corrected chi connectivity index (χ2v) is 2.95. The maximum atomic E-state index is 11.5. The van der Waals surface area contributed by atoms with Gasteiger partial charge in [0.05, 0.1) is 6.61 Å². The molecule has 0 aliphatic heterocycles. The lowest BCUT2D eigenvalue weighted by molar-refractivity contribution is -0.141. The fourth-order valence-corrected chi connectivity index (χ4v) is 1.02. The molecule has 5 heteroatoms. The molecule has 0 bridgehead atoms. The van der Waals surface area contributed by atoms with Crippen molar-refractivity contribution in [3.8, 4) is 0 Å². The highest BCUT2D eigenvalue weighted by molar-refractivity contribution is 5.81. The van der Waals surface area contributed by atoms with Crippen molar-refractivity contribution in [1.82, 2.24) is 10.2 Å². The molecule has 0 aromatic carbocycles. The number of urea groups is 1. The average molecular weight is 226 g/mol. The summed E-state index contributed by atoms with van der Waals surface area (Å²) in [5.41, 5.74) is 0. The Kier molecular flexibility index (Phi) is 7.57. The van der Waals surface area contributed by atoms with E-state index in [4.69, 9.17) is 0 Å². The average Bonchev–Trinajstić information content (AvgIpc) is 2.26. The topological polar surface area (TPSA) is 58.6 Å². The summed E-state index contributed by atoms with van der Waals surface area (Å²) in [7, 11) is 0. The van der Waals surface area contributed by atoms with E-state index in [9.17, 15) is 9.59 Å². The number of nitrogens with one attached hydrogen (secondary N) is 1. The maximum Gasteiger partial charge on any atom is 0.325 e. The number of carbonyl (C=O) groups excluding carboxylic acids is 2. The van der Waals surface area contributed by atoms with E-state index >= 15 is 0 Å². The fraction of sp³-hybridized carbons (Fsp3) is 0.455. The molecule has 0 saturated carbocycles. The van der Waals surface area contributed by atoms with Crippen molar-refractivity contribution >= 4 is 12.0 Å². The van der Waals surface area contributed by atoms with Gasteiger partial charge in [-0.3, -0.25) is 4.79 Å². The molecule has 0 heterocycles. The van der Waals surface area contributed by atoms with E-state index in [1.165, 1.54) is 4.90 Å². The largest absolute Gasteiger partial charge is 0.465 e. The van der Waals surface area contributed by atoms with Crippen molar-refractivity contribution < 1.29 is 14.3 Å². The van der Waals surface area contributed by atoms with Gasteiger partial charge >= 0.3 is 12.0 Å². The molecule has 0 spiro atoms. The molecule has 0 aromatic rings. The van der Waals surface area contributed by atoms with Crippen molar-refractivity contribution in [2.24, 2.45) is 0 Å². The molecule has 0 aromatic heterocycles. The molecule has 0 saturated heterocycles. The van der Waals surface area contributed by atoms with Crippen LogP contribution in [0.5, 0.6) is 0 Å². The molecule has 5 nitrogen and oxygen atoms in total. The summed E-state index contributed by atoms with van der Waals surface area (Å²) < 4.78 is 4.68. The fourth-order valence-electron chi connectivity index (χ4n) is 1.02. The van der Waals surface area contributed by atoms with Crippen molar-refractivity contribution in [2.45, 2.75) is 6.92 Å². The number of hydrogen-bond acceptors (Lipinski definition) is 3. The quantitative estimate of drug-likeness (QED) is 0.519. The van der Waals surface area contributed by atoms with Crippen LogP contribution in [-0.2, 0) is 9.53 Å². The zero-order valence-corrected chi connectivity index (χ0v) is 9.57. The lowest BCUT2D eigenvalue weighted by atomic mass is 10.4. The molecular weight excluding hydrogens is 208 g/mol. The Hall–Kier alpha value is -1.78. The zero-order valence-electron chi connectivity index (χ0n) is 9.57. The number of rotatable bonds is 7. The summed E-state index contributed by atoms with van der Waals surface area (Å²) in [6.07, 6.45) is 3.21. The Morgan fingerprint density at radius 3 is 2.31 bits per heavy atom. The third-order valence-electron chi connectivity index (χ3n) is 1.68. The van der Waals surface area contributed by atoms with Crippen molar-refractivity contribution in [3.05, 3.63) is 25.3 Å². The van der Waals surface area contributed by atoms with Crippen LogP contribution in [0, 0.1) is 0 Å². The molecule has 0 aliphatic rings. The summed E-state index contributed by atoms with van der Waals surface area (Å²) >= 11 is 0. The number of amides is 2. The normalized spacial score (nSPS) is 9.06. The minimum Gasteiger partial charge on any atom is -0.465 e. The molecule has 2 amide bonds. The Balaban J connectivity index is 4.04. The van der Waals surface area contributed by atoms with E-state index in [1.54, 1.807) is 19.1 Å². The van der Waals surface area contributed by atoms with Gasteiger partial charge in [0.15, 0.2) is 0 Å². The number of esters is 1. The van der Waals surface area contributed by atoms with Crippen LogP contribution in [0.1, 0.15) is 6.92 Å². The molecule has 16 heavy (non-hydrogen) atoms. The van der Waals surface area contributed by atoms with Crippen molar-refractivity contribution in [1.29, 1.82) is 0 Å². The molecule has 90 valence electrons. The lowest BCUT2D eigenvalue weighted by Gasteiger charge is -2.19. The molecule has 0 rings (SSSR count). The third-order valence-corrected chi connectivity index (χ3v) is 1.68. The zero-order chi connectivity index (χ0) is 12.4. The van der Waals surface area contributed by atoms with Gasteiger partial charge in [0.2, 0.25) is 0 Å². The standard InChI is InChI=1S/C11H18N2O3/c1-4-7-13(8-5-2)11(15)12-9-10(14)16-6-3/h4-5H,1-2,6-9H2,3H3,(H,12,15). The summed E-state index contributed by atoms with van der Waals surface area (Å²) in [6, 6.07) is -0.340. The second kappa shape index (κ2) is 8.52. The second-order valence-electron chi connectivity index (χ2n) is 2.95. The van der Waals surface area contributed by atoms with Gasteiger partial charge in [-0.1, -0.05) is 12.2 Å². The molecule has 0 radical (unpaired) electrons. The first-order chi connectivity index (χ1) is 7.65. The molecule has 0 fully saturated rings. The molecule has 1 N–H and O–H groups in total. The first-order valence-corrected chi connectivity index (χ1v) is 5.05. The van der Waals surface area contributed by atoms with Crippen LogP contribution < -0.4 is 5.32 Å². The maximum absolute atomic E-state index is 11.5. The van der Waals surface area contributed by atoms with Crippen LogP contribution in [0.15, 0.2) is 25.3 Å². The van der Waals surface area contributed by atoms with E-state index in [2.05, 4.69) is 23.2 Å². The minimum atomic E-state index is -0.451. The molecule has 0 unspecified atom stereocenters. The minimum absolute atomic E-state index is 0.128. The van der Waals surface area contributed by atoms with Crippen LogP contribution in [-0.4, -0.2) is 43.1 Å². The van der Waals surface area contributed by atoms with Crippen molar-refractivity contribution in [3.63, 3.8) is 0 Å². The highest BCUT2D eigenvalue weighted by Crippen LogP contribution is 1.90. The Labute approximate surface area is 95.8 Å². The predicted octanol–water partition coefficient (Wildman–Crippen LogP) is 0.933. The molecular formula is C11H18N2O3. The van der Waals surface area contributed by atoms with Gasteiger partial charge in [-0.05, 0) is 6.92 Å². The monoisotopic (exact) mass is 226 g/mol. The SMILES string of the molecule is C=CCN(CC=C)C(=O)NCC(=O)OCC. The van der Waals surface area contributed by atoms with Gasteiger partial charge in [0.25, 0.3) is 0 Å². The van der Waals surface area contributed by atoms with Gasteiger partial charge in [-0.2, -0.15) is 0 Å². The van der Waals surface area contributed by atoms with Crippen LogP contribution in [0.4, 0.5) is 4.79 Å². The highest BCUT2D eigenvalue weighted by Gasteiger charge is 2.11. The Morgan fingerprint density at radius 1 is 1.31 bits per heavy atom. The van der Waals surface area contributed by atoms with Gasteiger partial charge in [-0.25, -0.2) is 4.79 Å². The predicted molar refractivity (Wildman–Crippen MR) is 62.0 cm³/mol. The third kappa shape index (κ3) is 5.85. The number of hydrogen-bond donors (Lipinski definition) is 1. The van der Waals surface area contributed by atoms with Gasteiger partial charge in [-0.15, -0.1) is 13.2 Å². The summed E-state index contributed by atoms with van der Waals surface area (Å²) in [6.45, 7) is 9.78. The van der Waals surface area contributed by atoms with Gasteiger partial charge in [0, 0.05) is 13.1 Å². The van der Waals surface area contributed by atoms with Crippen LogP contribution in [0.3, 0.4) is 0 Å². The lowest BCUT2D eigenvalue weighted by Crippen LogP contribution is -2.42. The summed E-state index contributed by atoms with van der Waals surface area (Å²) in [5.74, 6) is -0.451. The summed E-state index contributed by atoms with van der Waals surface area (Å²) in [5, 5.41) is 2.45. The Bertz CT molecular complexity index is 254. The van der Waals surface area contributed by atoms with Gasteiger partial charge < -0.3 is 15.0 Å². The molecule has 0 aliphatic carbocycles. The first kappa shape index (κ1) is 14.2. The smallest absolute Gasteiger partial charge is 0.325 e. The number of nitrogens with zero attached hydrogens (tertiary/aromatic N) is 1. The van der Waals surface area contributed by atoms with E-state index in [1.807, 2.05) is 0 Å². The van der Waals surface area contributed by atoms with E-state index in [0.717, 1.165) is 0 Å². The Morgan fingerprint density at radius 2 is 1.88 bits per heavy atom. The van der Waals surface area contributed by atoms with E-state index in [0.29, 0.717) is 19.7 Å². The molecule has 0 atom stereocenters. The number of ether oxygens (including phenoxy) is 1. The van der Waals surface area contributed by atoms with Crippen molar-refractivity contribution in [2.75, 3.05) is 26.2 Å². The van der Waals surface area contributed by atoms with E-state index < -0.39 is 5.97 Å². The number of carbonyl (C=O) groups is 2. The van der Waals surface area contributed by atoms with Crippen LogP contribution in [0.2, 0.25) is 0 Å². The highest BCUT2D eigenvalue weighted by atomic mass is 16.5. The first-order valence-electron chi connectivity index (χ1n) is 5.05. The van der Waals surface area contributed by atoms with Gasteiger partial charge in [0.1, 0.15) is 6.54 Å².